The van der Waals surface area contributed by atoms with Crippen LogP contribution < -0.4 is 5.32 Å². The quantitative estimate of drug-likeness (QED) is 0.820. The molecule has 0 saturated heterocycles. The van der Waals surface area contributed by atoms with Gasteiger partial charge in [-0.1, -0.05) is 20.8 Å². The van der Waals surface area contributed by atoms with Gasteiger partial charge in [0, 0.05) is 6.04 Å². The van der Waals surface area contributed by atoms with E-state index in [1.54, 1.807) is 5.56 Å². The van der Waals surface area contributed by atoms with E-state index in [1.165, 1.54) is 34.2 Å². The van der Waals surface area contributed by atoms with Crippen molar-refractivity contribution in [1.29, 1.82) is 0 Å². The monoisotopic (exact) mass is 273 g/mol. The Morgan fingerprint density at radius 1 is 0.950 bits per heavy atom. The maximum Gasteiger partial charge on any atom is 0.0359 e. The van der Waals surface area contributed by atoms with Crippen LogP contribution in [-0.2, 0) is 0 Å². The molecule has 1 N–H and O–H groups in total. The average Bonchev–Trinajstić information content (AvgIpc) is 3.02. The van der Waals surface area contributed by atoms with Crippen molar-refractivity contribution in [3.05, 3.63) is 33.4 Å². The summed E-state index contributed by atoms with van der Waals surface area (Å²) < 4.78 is 0. The Morgan fingerprint density at radius 2 is 1.35 bits per heavy atom. The molecule has 0 aliphatic heterocycles. The molecule has 1 heteroatoms. The lowest BCUT2D eigenvalue weighted by molar-refractivity contribution is 0.420. The highest BCUT2D eigenvalue weighted by molar-refractivity contribution is 5.51. The molecule has 0 heterocycles. The van der Waals surface area contributed by atoms with Gasteiger partial charge in [0.25, 0.3) is 0 Å². The molecule has 1 nitrogen and oxygen atoms in total. The Labute approximate surface area is 125 Å². The highest BCUT2D eigenvalue weighted by Crippen LogP contribution is 2.58. The second-order valence-corrected chi connectivity index (χ2v) is 7.37. The first-order valence-corrected chi connectivity index (χ1v) is 8.02. The van der Waals surface area contributed by atoms with Crippen molar-refractivity contribution in [1.82, 2.24) is 5.32 Å². The SMILES string of the molecule is CCNC(c1c(C)c(C)c(C)c(C)c1C)C1CC1(C)C. The molecule has 1 aromatic carbocycles. The van der Waals surface area contributed by atoms with E-state index in [-0.39, 0.29) is 0 Å². The van der Waals surface area contributed by atoms with Gasteiger partial charge in [0.1, 0.15) is 0 Å². The van der Waals surface area contributed by atoms with Crippen molar-refractivity contribution < 1.29 is 0 Å². The molecule has 1 fully saturated rings. The normalized spacial score (nSPS) is 21.9. The standard InChI is InChI=1S/C19H31N/c1-9-20-18(16-10-19(16,7)8)17-14(5)12(3)11(2)13(4)15(17)6/h16,18,20H,9-10H2,1-8H3. The maximum atomic E-state index is 3.77. The predicted octanol–water partition coefficient (Wildman–Crippen LogP) is 4.93. The van der Waals surface area contributed by atoms with Gasteiger partial charge in [-0.05, 0) is 92.3 Å². The van der Waals surface area contributed by atoms with Gasteiger partial charge < -0.3 is 5.32 Å². The van der Waals surface area contributed by atoms with Crippen molar-refractivity contribution in [2.45, 2.75) is 67.9 Å². The molecule has 1 aromatic rings. The lowest BCUT2D eigenvalue weighted by atomic mass is 9.83. The Bertz CT molecular complexity index is 496. The number of hydrogen-bond acceptors (Lipinski definition) is 1. The summed E-state index contributed by atoms with van der Waals surface area (Å²) in [5.41, 5.74) is 9.49. The van der Waals surface area contributed by atoms with Crippen LogP contribution in [0.3, 0.4) is 0 Å². The smallest absolute Gasteiger partial charge is 0.0359 e. The van der Waals surface area contributed by atoms with Gasteiger partial charge in [0.2, 0.25) is 0 Å². The summed E-state index contributed by atoms with van der Waals surface area (Å²) in [6.07, 6.45) is 1.34. The zero-order chi connectivity index (χ0) is 15.2. The fourth-order valence-electron chi connectivity index (χ4n) is 3.74. The summed E-state index contributed by atoms with van der Waals surface area (Å²) in [6, 6.07) is 0.521. The van der Waals surface area contributed by atoms with E-state index in [4.69, 9.17) is 0 Å². The molecule has 0 aromatic heterocycles. The molecule has 1 saturated carbocycles. The van der Waals surface area contributed by atoms with Gasteiger partial charge >= 0.3 is 0 Å². The van der Waals surface area contributed by atoms with Crippen LogP contribution in [0.4, 0.5) is 0 Å². The topological polar surface area (TPSA) is 12.0 Å². The van der Waals surface area contributed by atoms with E-state index in [1.807, 2.05) is 0 Å². The van der Waals surface area contributed by atoms with Crippen LogP contribution in [0.1, 0.15) is 66.6 Å². The minimum atomic E-state index is 0.498. The largest absolute Gasteiger partial charge is 0.310 e. The van der Waals surface area contributed by atoms with E-state index in [2.05, 4.69) is 60.7 Å². The summed E-state index contributed by atoms with van der Waals surface area (Å²) in [6.45, 7) is 19.5. The first-order valence-electron chi connectivity index (χ1n) is 8.02. The Balaban J connectivity index is 2.54. The fraction of sp³-hybridized carbons (Fsp3) is 0.684. The van der Waals surface area contributed by atoms with Gasteiger partial charge in [0.05, 0.1) is 0 Å². The zero-order valence-electron chi connectivity index (χ0n) is 14.6. The Morgan fingerprint density at radius 3 is 1.70 bits per heavy atom. The Kier molecular flexibility index (Phi) is 4.03. The lowest BCUT2D eigenvalue weighted by Crippen LogP contribution is -2.26. The van der Waals surface area contributed by atoms with Gasteiger partial charge in [0.15, 0.2) is 0 Å². The molecule has 2 unspecified atom stereocenters. The van der Waals surface area contributed by atoms with E-state index < -0.39 is 0 Å². The summed E-state index contributed by atoms with van der Waals surface area (Å²) in [4.78, 5) is 0. The minimum absolute atomic E-state index is 0.498. The fourth-order valence-corrected chi connectivity index (χ4v) is 3.74. The lowest BCUT2D eigenvalue weighted by Gasteiger charge is -2.27. The second-order valence-electron chi connectivity index (χ2n) is 7.37. The Hall–Kier alpha value is -0.820. The number of benzene rings is 1. The second kappa shape index (κ2) is 5.18. The highest BCUT2D eigenvalue weighted by atomic mass is 14.9. The molecule has 2 atom stereocenters. The van der Waals surface area contributed by atoms with Crippen molar-refractivity contribution in [2.75, 3.05) is 6.54 Å². The van der Waals surface area contributed by atoms with Crippen molar-refractivity contribution in [3.8, 4) is 0 Å². The van der Waals surface area contributed by atoms with Crippen LogP contribution in [0.5, 0.6) is 0 Å². The first-order chi connectivity index (χ1) is 9.22. The third kappa shape index (κ3) is 2.41. The van der Waals surface area contributed by atoms with Crippen LogP contribution in [0.2, 0.25) is 0 Å². The summed E-state index contributed by atoms with van der Waals surface area (Å²) in [7, 11) is 0. The van der Waals surface area contributed by atoms with Gasteiger partial charge in [-0.3, -0.25) is 0 Å². The van der Waals surface area contributed by atoms with E-state index >= 15 is 0 Å². The summed E-state index contributed by atoms with van der Waals surface area (Å²) in [5.74, 6) is 0.779. The summed E-state index contributed by atoms with van der Waals surface area (Å²) in [5, 5.41) is 3.77. The van der Waals surface area contributed by atoms with E-state index in [9.17, 15) is 0 Å². The van der Waals surface area contributed by atoms with Gasteiger partial charge in [-0.15, -0.1) is 0 Å². The molecule has 0 bridgehead atoms. The van der Waals surface area contributed by atoms with Crippen LogP contribution in [0.15, 0.2) is 0 Å². The zero-order valence-corrected chi connectivity index (χ0v) is 14.6. The molecule has 1 aliphatic rings. The molecule has 0 amide bonds. The van der Waals surface area contributed by atoms with Crippen LogP contribution in [-0.4, -0.2) is 6.54 Å². The molecule has 0 radical (unpaired) electrons. The van der Waals surface area contributed by atoms with Crippen LogP contribution >= 0.6 is 0 Å². The number of nitrogens with one attached hydrogen (secondary N) is 1. The van der Waals surface area contributed by atoms with Gasteiger partial charge in [-0.25, -0.2) is 0 Å². The maximum absolute atomic E-state index is 3.77. The first kappa shape index (κ1) is 15.6. The molecular weight excluding hydrogens is 242 g/mol. The molecular formula is C19H31N. The molecule has 0 spiro atoms. The van der Waals surface area contributed by atoms with Crippen LogP contribution in [0, 0.1) is 46.0 Å². The average molecular weight is 273 g/mol. The van der Waals surface area contributed by atoms with Crippen molar-refractivity contribution in [2.24, 2.45) is 11.3 Å². The van der Waals surface area contributed by atoms with Crippen molar-refractivity contribution in [3.63, 3.8) is 0 Å². The van der Waals surface area contributed by atoms with E-state index in [0.717, 1.165) is 12.5 Å². The number of rotatable bonds is 4. The third-order valence-corrected chi connectivity index (χ3v) is 5.79. The minimum Gasteiger partial charge on any atom is -0.310 e. The predicted molar refractivity (Wildman–Crippen MR) is 88.4 cm³/mol. The van der Waals surface area contributed by atoms with Gasteiger partial charge in [-0.2, -0.15) is 0 Å². The molecule has 20 heavy (non-hydrogen) atoms. The summed E-state index contributed by atoms with van der Waals surface area (Å²) >= 11 is 0. The third-order valence-electron chi connectivity index (χ3n) is 5.79. The van der Waals surface area contributed by atoms with Crippen molar-refractivity contribution >= 4 is 0 Å². The molecule has 1 aliphatic carbocycles. The molecule has 2 rings (SSSR count). The van der Waals surface area contributed by atoms with Crippen LogP contribution in [0.25, 0.3) is 0 Å². The highest BCUT2D eigenvalue weighted by Gasteiger charge is 2.50. The molecule has 112 valence electrons. The number of hydrogen-bond donors (Lipinski definition) is 1. The van der Waals surface area contributed by atoms with E-state index in [0.29, 0.717) is 11.5 Å².